The van der Waals surface area contributed by atoms with Crippen molar-refractivity contribution in [1.29, 1.82) is 0 Å². The van der Waals surface area contributed by atoms with Gasteiger partial charge in [0.1, 0.15) is 24.3 Å². The van der Waals surface area contributed by atoms with Gasteiger partial charge in [-0.15, -0.1) is 0 Å². The highest BCUT2D eigenvalue weighted by Gasteiger charge is 2.15. The maximum Gasteiger partial charge on any atom is 0.419 e. The molecule has 0 atom stereocenters. The van der Waals surface area contributed by atoms with Crippen molar-refractivity contribution in [3.8, 4) is 5.75 Å². The molecule has 0 aliphatic carbocycles. The highest BCUT2D eigenvalue weighted by molar-refractivity contribution is 5.72. The van der Waals surface area contributed by atoms with E-state index < -0.39 is 17.8 Å². The fourth-order valence-electron chi connectivity index (χ4n) is 2.50. The number of ether oxygens (including phenoxy) is 3. The summed E-state index contributed by atoms with van der Waals surface area (Å²) in [6, 6.07) is 6.77. The number of imidazole rings is 1. The van der Waals surface area contributed by atoms with Crippen molar-refractivity contribution in [3.05, 3.63) is 48.5 Å². The molecule has 0 aliphatic rings. The molecule has 1 aromatic heterocycles. The van der Waals surface area contributed by atoms with Crippen LogP contribution in [0.2, 0.25) is 0 Å². The van der Waals surface area contributed by atoms with Crippen LogP contribution in [-0.2, 0) is 20.9 Å². The average Bonchev–Trinajstić information content (AvgIpc) is 3.23. The van der Waals surface area contributed by atoms with Crippen LogP contribution in [0.4, 0.5) is 9.59 Å². The van der Waals surface area contributed by atoms with E-state index in [1.54, 1.807) is 24.3 Å². The van der Waals surface area contributed by atoms with Crippen LogP contribution in [0.3, 0.4) is 0 Å². The van der Waals surface area contributed by atoms with Gasteiger partial charge in [-0.25, -0.2) is 19.1 Å². The minimum absolute atomic E-state index is 0.0998. The summed E-state index contributed by atoms with van der Waals surface area (Å²) < 4.78 is 16.9. The number of unbranched alkanes of at least 4 members (excludes halogenated alkanes) is 2. The standard InChI is InChI=1S/C22H29N3O6/c1-22(2,3)31-20(27)24-12-6-4-5-7-19(26)30-18-10-8-17(9-11-18)15-29-21(28)25-14-13-23-16-25/h8-11,13-14,16H,4-7,12,15H2,1-3H3,(H,24,27). The maximum atomic E-state index is 12.0. The number of rotatable bonds is 9. The number of nitrogens with zero attached hydrogens (tertiary/aromatic N) is 2. The number of carbonyl (C=O) groups excluding carboxylic acids is 3. The van der Waals surface area contributed by atoms with E-state index in [4.69, 9.17) is 14.2 Å². The lowest BCUT2D eigenvalue weighted by Gasteiger charge is -2.19. The number of carbonyl (C=O) groups is 3. The van der Waals surface area contributed by atoms with E-state index in [-0.39, 0.29) is 19.0 Å². The molecule has 0 bridgehead atoms. The van der Waals surface area contributed by atoms with Gasteiger partial charge in [-0.05, 0) is 51.3 Å². The summed E-state index contributed by atoms with van der Waals surface area (Å²) in [6.07, 6.45) is 5.89. The Balaban J connectivity index is 1.58. The lowest BCUT2D eigenvalue weighted by molar-refractivity contribution is -0.134. The summed E-state index contributed by atoms with van der Waals surface area (Å²) in [5.41, 5.74) is 0.252. The van der Waals surface area contributed by atoms with Crippen LogP contribution in [0.25, 0.3) is 0 Å². The quantitative estimate of drug-likeness (QED) is 0.362. The fraction of sp³-hybridized carbons (Fsp3) is 0.455. The van der Waals surface area contributed by atoms with Gasteiger partial charge in [-0.3, -0.25) is 4.79 Å². The zero-order valence-corrected chi connectivity index (χ0v) is 18.1. The molecule has 1 amide bonds. The van der Waals surface area contributed by atoms with E-state index in [1.165, 1.54) is 23.3 Å². The Morgan fingerprint density at radius 3 is 2.45 bits per heavy atom. The summed E-state index contributed by atoms with van der Waals surface area (Å²) in [6.45, 7) is 6.02. The number of amides is 1. The molecule has 9 nitrogen and oxygen atoms in total. The van der Waals surface area contributed by atoms with Crippen molar-refractivity contribution in [1.82, 2.24) is 14.9 Å². The number of hydrogen-bond donors (Lipinski definition) is 1. The first-order chi connectivity index (χ1) is 14.7. The zero-order valence-electron chi connectivity index (χ0n) is 18.1. The maximum absolute atomic E-state index is 12.0. The van der Waals surface area contributed by atoms with E-state index in [9.17, 15) is 14.4 Å². The molecule has 0 saturated carbocycles. The van der Waals surface area contributed by atoms with E-state index in [0.29, 0.717) is 18.7 Å². The van der Waals surface area contributed by atoms with Gasteiger partial charge >= 0.3 is 18.2 Å². The van der Waals surface area contributed by atoms with Crippen LogP contribution >= 0.6 is 0 Å². The van der Waals surface area contributed by atoms with Gasteiger partial charge in [0, 0.05) is 25.4 Å². The van der Waals surface area contributed by atoms with Gasteiger partial charge in [0.25, 0.3) is 0 Å². The molecule has 1 aromatic carbocycles. The molecule has 9 heteroatoms. The SMILES string of the molecule is CC(C)(C)OC(=O)NCCCCCC(=O)Oc1ccc(COC(=O)n2ccnc2)cc1. The van der Waals surface area contributed by atoms with Gasteiger partial charge in [0.2, 0.25) is 0 Å². The van der Waals surface area contributed by atoms with Crippen LogP contribution in [0.1, 0.15) is 52.0 Å². The summed E-state index contributed by atoms with van der Waals surface area (Å²) in [4.78, 5) is 39.0. The third-order valence-electron chi connectivity index (χ3n) is 3.96. The molecule has 0 unspecified atom stereocenters. The molecule has 1 N–H and O–H groups in total. The van der Waals surface area contributed by atoms with Crippen molar-refractivity contribution in [2.45, 2.75) is 58.7 Å². The largest absolute Gasteiger partial charge is 0.444 e. The monoisotopic (exact) mass is 431 g/mol. The summed E-state index contributed by atoms with van der Waals surface area (Å²) >= 11 is 0. The van der Waals surface area contributed by atoms with Gasteiger partial charge in [-0.1, -0.05) is 18.6 Å². The van der Waals surface area contributed by atoms with Crippen LogP contribution in [0.5, 0.6) is 5.75 Å². The first kappa shape index (κ1) is 23.9. The predicted octanol–water partition coefficient (Wildman–Crippen LogP) is 4.06. The van der Waals surface area contributed by atoms with Crippen molar-refractivity contribution in [2.75, 3.05) is 6.54 Å². The van der Waals surface area contributed by atoms with Gasteiger partial charge < -0.3 is 19.5 Å². The van der Waals surface area contributed by atoms with E-state index >= 15 is 0 Å². The Morgan fingerprint density at radius 2 is 1.81 bits per heavy atom. The molecule has 0 saturated heterocycles. The molecule has 0 radical (unpaired) electrons. The molecule has 0 fully saturated rings. The predicted molar refractivity (Wildman–Crippen MR) is 113 cm³/mol. The molecule has 0 spiro atoms. The topological polar surface area (TPSA) is 109 Å². The summed E-state index contributed by atoms with van der Waals surface area (Å²) in [5, 5.41) is 2.68. The van der Waals surface area contributed by atoms with Crippen molar-refractivity contribution < 1.29 is 28.6 Å². The summed E-state index contributed by atoms with van der Waals surface area (Å²) in [7, 11) is 0. The van der Waals surface area contributed by atoms with Crippen LogP contribution < -0.4 is 10.1 Å². The average molecular weight is 431 g/mol. The minimum Gasteiger partial charge on any atom is -0.444 e. The van der Waals surface area contributed by atoms with Crippen LogP contribution in [0, 0.1) is 0 Å². The third-order valence-corrected chi connectivity index (χ3v) is 3.96. The number of alkyl carbamates (subject to hydrolysis) is 1. The molecule has 1 heterocycles. The number of aromatic nitrogens is 2. The molecule has 0 aliphatic heterocycles. The Morgan fingerprint density at radius 1 is 1.06 bits per heavy atom. The molecular weight excluding hydrogens is 402 g/mol. The Bertz CT molecular complexity index is 841. The molecular formula is C22H29N3O6. The fourth-order valence-corrected chi connectivity index (χ4v) is 2.50. The lowest BCUT2D eigenvalue weighted by Crippen LogP contribution is -2.33. The third kappa shape index (κ3) is 9.79. The van der Waals surface area contributed by atoms with Crippen LogP contribution in [0.15, 0.2) is 43.0 Å². The molecule has 168 valence electrons. The number of esters is 1. The molecule has 2 rings (SSSR count). The summed E-state index contributed by atoms with van der Waals surface area (Å²) in [5.74, 6) is 0.112. The van der Waals surface area contributed by atoms with Crippen molar-refractivity contribution in [2.24, 2.45) is 0 Å². The number of hydrogen-bond acceptors (Lipinski definition) is 7. The normalized spacial score (nSPS) is 10.9. The Hall–Kier alpha value is -3.36. The minimum atomic E-state index is -0.519. The van der Waals surface area contributed by atoms with Crippen molar-refractivity contribution in [3.63, 3.8) is 0 Å². The van der Waals surface area contributed by atoms with Gasteiger partial charge in [0.05, 0.1) is 0 Å². The second-order valence-corrected chi connectivity index (χ2v) is 7.88. The van der Waals surface area contributed by atoms with Crippen molar-refractivity contribution >= 4 is 18.2 Å². The number of benzene rings is 1. The van der Waals surface area contributed by atoms with E-state index in [2.05, 4.69) is 10.3 Å². The highest BCUT2D eigenvalue weighted by Crippen LogP contribution is 2.15. The lowest BCUT2D eigenvalue weighted by atomic mass is 10.2. The van der Waals surface area contributed by atoms with Crippen LogP contribution in [-0.4, -0.2) is 39.9 Å². The zero-order chi connectivity index (χ0) is 22.7. The van der Waals surface area contributed by atoms with E-state index in [0.717, 1.165) is 18.4 Å². The van der Waals surface area contributed by atoms with Gasteiger partial charge in [-0.2, -0.15) is 0 Å². The molecule has 2 aromatic rings. The smallest absolute Gasteiger partial charge is 0.419 e. The second-order valence-electron chi connectivity index (χ2n) is 7.88. The number of nitrogens with one attached hydrogen (secondary N) is 1. The first-order valence-corrected chi connectivity index (χ1v) is 10.1. The van der Waals surface area contributed by atoms with Gasteiger partial charge in [0.15, 0.2) is 0 Å². The molecule has 31 heavy (non-hydrogen) atoms. The first-order valence-electron chi connectivity index (χ1n) is 10.1. The second kappa shape index (κ2) is 11.7. The Kier molecular flexibility index (Phi) is 9.05. The Labute approximate surface area is 181 Å². The van der Waals surface area contributed by atoms with E-state index in [1.807, 2.05) is 20.8 Å². The highest BCUT2D eigenvalue weighted by atomic mass is 16.6.